The van der Waals surface area contributed by atoms with Gasteiger partial charge < -0.3 is 10.4 Å². The van der Waals surface area contributed by atoms with Crippen molar-refractivity contribution in [3.8, 4) is 0 Å². The Morgan fingerprint density at radius 1 is 1.32 bits per heavy atom. The van der Waals surface area contributed by atoms with E-state index in [0.29, 0.717) is 24.5 Å². The van der Waals surface area contributed by atoms with Crippen LogP contribution in [-0.2, 0) is 14.8 Å². The number of anilines is 1. The number of carbonyl (C=O) groups is 1. The third kappa shape index (κ3) is 4.45. The molecule has 1 aliphatic heterocycles. The Morgan fingerprint density at radius 2 is 2.05 bits per heavy atom. The average Bonchev–Trinajstić information content (AvgIpc) is 3.03. The van der Waals surface area contributed by atoms with E-state index in [4.69, 9.17) is 5.11 Å². The second-order valence-electron chi connectivity index (χ2n) is 4.96. The number of nitrogens with zero attached hydrogens (tertiary/aromatic N) is 1. The molecule has 0 spiro atoms. The Kier molecular flexibility index (Phi) is 6.25. The molecule has 122 valence electrons. The van der Waals surface area contributed by atoms with Crippen LogP contribution >= 0.6 is 11.8 Å². The number of aliphatic hydroxyl groups excluding tert-OH is 1. The summed E-state index contributed by atoms with van der Waals surface area (Å²) in [5.74, 6) is 0.509. The van der Waals surface area contributed by atoms with Gasteiger partial charge in [0.1, 0.15) is 0 Å². The van der Waals surface area contributed by atoms with Crippen molar-refractivity contribution in [3.05, 3.63) is 24.3 Å². The standard InChI is InChI=1S/C14H20N2O4S2/c17-8-9-21-11-14(18)15-12-4-3-5-13(10-12)22(19,20)16-6-1-2-7-16/h3-5,10,17H,1-2,6-9,11H2,(H,15,18). The van der Waals surface area contributed by atoms with Gasteiger partial charge in [-0.3, -0.25) is 4.79 Å². The predicted octanol–water partition coefficient (Wildman–Crippen LogP) is 1.14. The third-order valence-electron chi connectivity index (χ3n) is 3.29. The molecule has 0 aliphatic carbocycles. The number of nitrogens with one attached hydrogen (secondary N) is 1. The summed E-state index contributed by atoms with van der Waals surface area (Å²) in [5.41, 5.74) is 0.467. The zero-order valence-corrected chi connectivity index (χ0v) is 13.8. The molecule has 0 radical (unpaired) electrons. The summed E-state index contributed by atoms with van der Waals surface area (Å²) in [7, 11) is -3.47. The van der Waals surface area contributed by atoms with Gasteiger partial charge in [0.25, 0.3) is 0 Å². The van der Waals surface area contributed by atoms with Crippen molar-refractivity contribution in [1.29, 1.82) is 0 Å². The average molecular weight is 344 g/mol. The number of hydrogen-bond donors (Lipinski definition) is 2. The van der Waals surface area contributed by atoms with Crippen LogP contribution in [0.4, 0.5) is 5.69 Å². The quantitative estimate of drug-likeness (QED) is 0.724. The molecule has 1 saturated heterocycles. The van der Waals surface area contributed by atoms with Gasteiger partial charge in [0.05, 0.1) is 17.3 Å². The lowest BCUT2D eigenvalue weighted by Gasteiger charge is -2.16. The van der Waals surface area contributed by atoms with E-state index in [2.05, 4.69) is 5.32 Å². The number of benzene rings is 1. The molecule has 6 nitrogen and oxygen atoms in total. The van der Waals surface area contributed by atoms with Crippen LogP contribution in [0.1, 0.15) is 12.8 Å². The lowest BCUT2D eigenvalue weighted by Crippen LogP contribution is -2.28. The van der Waals surface area contributed by atoms with E-state index in [9.17, 15) is 13.2 Å². The molecule has 2 rings (SSSR count). The molecule has 8 heteroatoms. The molecule has 2 N–H and O–H groups in total. The number of aliphatic hydroxyl groups is 1. The van der Waals surface area contributed by atoms with Gasteiger partial charge in [-0.2, -0.15) is 4.31 Å². The zero-order chi connectivity index (χ0) is 16.0. The topological polar surface area (TPSA) is 86.7 Å². The first-order valence-corrected chi connectivity index (χ1v) is 9.72. The maximum absolute atomic E-state index is 12.5. The van der Waals surface area contributed by atoms with Crippen molar-refractivity contribution in [3.63, 3.8) is 0 Å². The van der Waals surface area contributed by atoms with Crippen LogP contribution in [0.15, 0.2) is 29.2 Å². The highest BCUT2D eigenvalue weighted by atomic mass is 32.2. The smallest absolute Gasteiger partial charge is 0.243 e. The van der Waals surface area contributed by atoms with Gasteiger partial charge in [-0.05, 0) is 31.0 Å². The van der Waals surface area contributed by atoms with Crippen molar-refractivity contribution in [2.24, 2.45) is 0 Å². The normalized spacial score (nSPS) is 15.9. The van der Waals surface area contributed by atoms with Crippen LogP contribution in [0, 0.1) is 0 Å². The molecule has 1 aromatic rings. The van der Waals surface area contributed by atoms with Gasteiger partial charge >= 0.3 is 0 Å². The van der Waals surface area contributed by atoms with E-state index in [1.807, 2.05) is 0 Å². The minimum atomic E-state index is -3.47. The number of amides is 1. The molecule has 0 aromatic heterocycles. The van der Waals surface area contributed by atoms with Gasteiger partial charge in [0.15, 0.2) is 0 Å². The zero-order valence-electron chi connectivity index (χ0n) is 12.2. The Morgan fingerprint density at radius 3 is 2.73 bits per heavy atom. The highest BCUT2D eigenvalue weighted by molar-refractivity contribution is 7.99. The van der Waals surface area contributed by atoms with Crippen molar-refractivity contribution in [2.45, 2.75) is 17.7 Å². The molecule has 22 heavy (non-hydrogen) atoms. The monoisotopic (exact) mass is 344 g/mol. The van der Waals surface area contributed by atoms with Crippen LogP contribution < -0.4 is 5.32 Å². The third-order valence-corrected chi connectivity index (χ3v) is 6.12. The Balaban J connectivity index is 2.05. The SMILES string of the molecule is O=C(CSCCO)Nc1cccc(S(=O)(=O)N2CCCC2)c1. The van der Waals surface area contributed by atoms with E-state index >= 15 is 0 Å². The van der Waals surface area contributed by atoms with E-state index in [1.165, 1.54) is 22.1 Å². The first-order valence-electron chi connectivity index (χ1n) is 7.13. The van der Waals surface area contributed by atoms with Crippen LogP contribution in [0.25, 0.3) is 0 Å². The van der Waals surface area contributed by atoms with Crippen molar-refractivity contribution >= 4 is 33.4 Å². The summed E-state index contributed by atoms with van der Waals surface area (Å²) < 4.78 is 26.4. The van der Waals surface area contributed by atoms with Crippen molar-refractivity contribution in [2.75, 3.05) is 36.5 Å². The van der Waals surface area contributed by atoms with E-state index in [-0.39, 0.29) is 23.2 Å². The lowest BCUT2D eigenvalue weighted by molar-refractivity contribution is -0.113. The van der Waals surface area contributed by atoms with Gasteiger partial charge in [0, 0.05) is 24.5 Å². The van der Waals surface area contributed by atoms with E-state index in [1.54, 1.807) is 18.2 Å². The number of hydrogen-bond acceptors (Lipinski definition) is 5. The predicted molar refractivity (Wildman–Crippen MR) is 87.5 cm³/mol. The Bertz CT molecular complexity index is 613. The molecule has 0 unspecified atom stereocenters. The summed E-state index contributed by atoms with van der Waals surface area (Å²) in [6.45, 7) is 1.13. The summed E-state index contributed by atoms with van der Waals surface area (Å²) in [4.78, 5) is 11.9. The summed E-state index contributed by atoms with van der Waals surface area (Å²) >= 11 is 1.32. The summed E-state index contributed by atoms with van der Waals surface area (Å²) in [5, 5.41) is 11.4. The summed E-state index contributed by atoms with van der Waals surface area (Å²) in [6, 6.07) is 6.32. The van der Waals surface area contributed by atoms with Crippen molar-refractivity contribution in [1.82, 2.24) is 4.31 Å². The number of sulfonamides is 1. The maximum Gasteiger partial charge on any atom is 0.243 e. The minimum absolute atomic E-state index is 0.0293. The second kappa shape index (κ2) is 7.96. The van der Waals surface area contributed by atoms with Crippen molar-refractivity contribution < 1.29 is 18.3 Å². The molecule has 1 amide bonds. The molecule has 0 bridgehead atoms. The summed E-state index contributed by atoms with van der Waals surface area (Å²) in [6.07, 6.45) is 1.77. The Labute approximate surface area is 134 Å². The van der Waals surface area contributed by atoms with Gasteiger partial charge in [0.2, 0.25) is 15.9 Å². The fourth-order valence-electron chi connectivity index (χ4n) is 2.24. The second-order valence-corrected chi connectivity index (χ2v) is 8.01. The van der Waals surface area contributed by atoms with Gasteiger partial charge in [-0.1, -0.05) is 6.07 Å². The largest absolute Gasteiger partial charge is 0.396 e. The minimum Gasteiger partial charge on any atom is -0.396 e. The van der Waals surface area contributed by atoms with E-state index in [0.717, 1.165) is 12.8 Å². The van der Waals surface area contributed by atoms with Crippen LogP contribution in [0.3, 0.4) is 0 Å². The maximum atomic E-state index is 12.5. The molecule has 1 aliphatic rings. The van der Waals surface area contributed by atoms with Gasteiger partial charge in [-0.15, -0.1) is 11.8 Å². The fourth-order valence-corrected chi connectivity index (χ4v) is 4.33. The fraction of sp³-hybridized carbons (Fsp3) is 0.500. The highest BCUT2D eigenvalue weighted by Crippen LogP contribution is 2.23. The lowest BCUT2D eigenvalue weighted by atomic mass is 10.3. The molecular formula is C14H20N2O4S2. The molecule has 0 atom stereocenters. The first-order chi connectivity index (χ1) is 10.5. The van der Waals surface area contributed by atoms with Crippen LogP contribution in [-0.4, -0.2) is 54.9 Å². The molecule has 1 heterocycles. The molecule has 1 fully saturated rings. The first kappa shape index (κ1) is 17.3. The molecule has 0 saturated carbocycles. The van der Waals surface area contributed by atoms with E-state index < -0.39 is 10.0 Å². The molecule has 1 aromatic carbocycles. The number of rotatable bonds is 7. The molecular weight excluding hydrogens is 324 g/mol. The number of thioether (sulfide) groups is 1. The van der Waals surface area contributed by atoms with Crippen LogP contribution in [0.2, 0.25) is 0 Å². The Hall–Kier alpha value is -1.09. The van der Waals surface area contributed by atoms with Gasteiger partial charge in [-0.25, -0.2) is 8.42 Å². The van der Waals surface area contributed by atoms with Crippen LogP contribution in [0.5, 0.6) is 0 Å². The number of carbonyl (C=O) groups excluding carboxylic acids is 1. The highest BCUT2D eigenvalue weighted by Gasteiger charge is 2.27.